The van der Waals surface area contributed by atoms with Crippen LogP contribution in [0, 0.1) is 5.92 Å². The molecule has 0 spiro atoms. The van der Waals surface area contributed by atoms with Crippen molar-refractivity contribution < 1.29 is 9.59 Å². The lowest BCUT2D eigenvalue weighted by Gasteiger charge is -2.33. The van der Waals surface area contributed by atoms with Crippen LogP contribution in [0.2, 0.25) is 0 Å². The number of hydrogen-bond acceptors (Lipinski definition) is 4. The molecule has 1 heterocycles. The number of carbonyl (C=O) groups excluding carboxylic acids is 2. The van der Waals surface area contributed by atoms with Crippen molar-refractivity contribution >= 4 is 17.4 Å². The molecule has 2 aliphatic rings. The van der Waals surface area contributed by atoms with Crippen LogP contribution in [-0.4, -0.2) is 30.8 Å². The molecule has 1 unspecified atom stereocenters. The molecule has 1 saturated heterocycles. The number of carbonyl (C=O) groups is 2. The third-order valence-corrected chi connectivity index (χ3v) is 4.29. The number of nitrogens with zero attached hydrogens (tertiary/aromatic N) is 1. The molecule has 5 heteroatoms. The van der Waals surface area contributed by atoms with Crippen molar-refractivity contribution in [3.05, 3.63) is 29.3 Å². The molecule has 0 bridgehead atoms. The van der Waals surface area contributed by atoms with Gasteiger partial charge in [0.1, 0.15) is 0 Å². The number of ketones is 1. The zero-order chi connectivity index (χ0) is 15.0. The fourth-order valence-corrected chi connectivity index (χ4v) is 2.97. The second-order valence-electron chi connectivity index (χ2n) is 6.08. The Morgan fingerprint density at radius 3 is 2.57 bits per heavy atom. The molecule has 1 amide bonds. The van der Waals surface area contributed by atoms with Crippen LogP contribution >= 0.6 is 0 Å². The Bertz CT molecular complexity index is 581. The summed E-state index contributed by atoms with van der Waals surface area (Å²) in [6.07, 6.45) is 3.91. The number of rotatable bonds is 4. The SMILES string of the molecule is NC(=O)c1cc(C(=O)C2CC2)ccc1N1CCCC(N)C1. The van der Waals surface area contributed by atoms with Gasteiger partial charge in [0.2, 0.25) is 0 Å². The van der Waals surface area contributed by atoms with Crippen LogP contribution in [0.15, 0.2) is 18.2 Å². The van der Waals surface area contributed by atoms with Gasteiger partial charge in [0.05, 0.1) is 5.56 Å². The fourth-order valence-electron chi connectivity index (χ4n) is 2.97. The zero-order valence-corrected chi connectivity index (χ0v) is 12.0. The molecule has 21 heavy (non-hydrogen) atoms. The van der Waals surface area contributed by atoms with E-state index < -0.39 is 5.91 Å². The Morgan fingerprint density at radius 2 is 1.95 bits per heavy atom. The van der Waals surface area contributed by atoms with Crippen molar-refractivity contribution in [2.75, 3.05) is 18.0 Å². The quantitative estimate of drug-likeness (QED) is 0.817. The van der Waals surface area contributed by atoms with Crippen LogP contribution in [0.5, 0.6) is 0 Å². The van der Waals surface area contributed by atoms with Gasteiger partial charge in [-0.1, -0.05) is 0 Å². The van der Waals surface area contributed by atoms with Gasteiger partial charge in [-0.05, 0) is 43.9 Å². The molecule has 1 aromatic rings. The molecule has 112 valence electrons. The van der Waals surface area contributed by atoms with Crippen LogP contribution in [0.4, 0.5) is 5.69 Å². The second kappa shape index (κ2) is 5.48. The first kappa shape index (κ1) is 14.1. The lowest BCUT2D eigenvalue weighted by molar-refractivity contribution is 0.0967. The summed E-state index contributed by atoms with van der Waals surface area (Å²) in [7, 11) is 0. The molecule has 3 rings (SSSR count). The first-order valence-electron chi connectivity index (χ1n) is 7.55. The molecule has 1 aromatic carbocycles. The van der Waals surface area contributed by atoms with Gasteiger partial charge in [-0.25, -0.2) is 0 Å². The van der Waals surface area contributed by atoms with Gasteiger partial charge in [-0.2, -0.15) is 0 Å². The maximum atomic E-state index is 12.1. The van der Waals surface area contributed by atoms with E-state index in [1.54, 1.807) is 6.07 Å². The number of nitrogens with two attached hydrogens (primary N) is 2. The molecular weight excluding hydrogens is 266 g/mol. The molecule has 1 aliphatic heterocycles. The third-order valence-electron chi connectivity index (χ3n) is 4.29. The highest BCUT2D eigenvalue weighted by Gasteiger charge is 2.31. The average Bonchev–Trinajstić information content (AvgIpc) is 3.30. The Balaban J connectivity index is 1.92. The number of anilines is 1. The highest BCUT2D eigenvalue weighted by Crippen LogP contribution is 2.34. The fraction of sp³-hybridized carbons (Fsp3) is 0.500. The van der Waals surface area contributed by atoms with Gasteiger partial charge in [0, 0.05) is 36.3 Å². The molecule has 0 radical (unpaired) electrons. The van der Waals surface area contributed by atoms with E-state index in [1.807, 2.05) is 12.1 Å². The topological polar surface area (TPSA) is 89.4 Å². The van der Waals surface area contributed by atoms with Crippen molar-refractivity contribution in [1.82, 2.24) is 0 Å². The summed E-state index contributed by atoms with van der Waals surface area (Å²) in [4.78, 5) is 26.0. The minimum Gasteiger partial charge on any atom is -0.369 e. The number of benzene rings is 1. The lowest BCUT2D eigenvalue weighted by atomic mass is 9.99. The molecule has 5 nitrogen and oxygen atoms in total. The smallest absolute Gasteiger partial charge is 0.250 e. The van der Waals surface area contributed by atoms with Crippen molar-refractivity contribution in [3.63, 3.8) is 0 Å². The average molecular weight is 287 g/mol. The minimum atomic E-state index is -0.491. The van der Waals surface area contributed by atoms with E-state index in [1.165, 1.54) is 0 Å². The second-order valence-corrected chi connectivity index (χ2v) is 6.08. The Labute approximate surface area is 124 Å². The van der Waals surface area contributed by atoms with E-state index in [0.717, 1.165) is 44.5 Å². The normalized spacial score (nSPS) is 22.1. The Kier molecular flexibility index (Phi) is 3.68. The molecule has 1 atom stereocenters. The van der Waals surface area contributed by atoms with Crippen LogP contribution in [-0.2, 0) is 0 Å². The van der Waals surface area contributed by atoms with Crippen molar-refractivity contribution in [2.24, 2.45) is 17.4 Å². The summed E-state index contributed by atoms with van der Waals surface area (Å²) in [6, 6.07) is 5.42. The summed E-state index contributed by atoms with van der Waals surface area (Å²) in [5, 5.41) is 0. The number of primary amides is 1. The van der Waals surface area contributed by atoms with E-state index in [2.05, 4.69) is 4.90 Å². The summed E-state index contributed by atoms with van der Waals surface area (Å²) in [5.41, 5.74) is 13.3. The zero-order valence-electron chi connectivity index (χ0n) is 12.0. The van der Waals surface area contributed by atoms with E-state index in [-0.39, 0.29) is 17.7 Å². The highest BCUT2D eigenvalue weighted by atomic mass is 16.1. The summed E-state index contributed by atoms with van der Waals surface area (Å²) < 4.78 is 0. The number of piperidine rings is 1. The molecular formula is C16H21N3O2. The van der Waals surface area contributed by atoms with Crippen LogP contribution in [0.3, 0.4) is 0 Å². The third kappa shape index (κ3) is 2.93. The predicted octanol–water partition coefficient (Wildman–Crippen LogP) is 1.31. The predicted molar refractivity (Wildman–Crippen MR) is 81.4 cm³/mol. The van der Waals surface area contributed by atoms with Crippen LogP contribution < -0.4 is 16.4 Å². The number of Topliss-reactive ketones (excluding diaryl/α,β-unsaturated/α-hetero) is 1. The molecule has 0 aromatic heterocycles. The standard InChI is InChI=1S/C16H21N3O2/c17-12-2-1-7-19(9-12)14-6-5-11(8-13(14)16(18)21)15(20)10-3-4-10/h5-6,8,10,12H,1-4,7,9,17H2,(H2,18,21). The molecule has 2 fully saturated rings. The molecule has 1 saturated carbocycles. The van der Waals surface area contributed by atoms with Gasteiger partial charge in [0.25, 0.3) is 5.91 Å². The van der Waals surface area contributed by atoms with Crippen molar-refractivity contribution in [1.29, 1.82) is 0 Å². The van der Waals surface area contributed by atoms with Crippen molar-refractivity contribution in [3.8, 4) is 0 Å². The minimum absolute atomic E-state index is 0.118. The van der Waals surface area contributed by atoms with Gasteiger partial charge < -0.3 is 16.4 Å². The van der Waals surface area contributed by atoms with Gasteiger partial charge >= 0.3 is 0 Å². The first-order chi connectivity index (χ1) is 10.1. The van der Waals surface area contributed by atoms with E-state index in [0.29, 0.717) is 11.1 Å². The maximum Gasteiger partial charge on any atom is 0.250 e. The first-order valence-corrected chi connectivity index (χ1v) is 7.55. The number of amides is 1. The van der Waals surface area contributed by atoms with Gasteiger partial charge in [-0.15, -0.1) is 0 Å². The largest absolute Gasteiger partial charge is 0.369 e. The van der Waals surface area contributed by atoms with E-state index >= 15 is 0 Å². The Hall–Kier alpha value is -1.88. The van der Waals surface area contributed by atoms with E-state index in [9.17, 15) is 9.59 Å². The van der Waals surface area contributed by atoms with Crippen LogP contribution in [0.25, 0.3) is 0 Å². The molecule has 1 aliphatic carbocycles. The monoisotopic (exact) mass is 287 g/mol. The van der Waals surface area contributed by atoms with E-state index in [4.69, 9.17) is 11.5 Å². The highest BCUT2D eigenvalue weighted by molar-refractivity contribution is 6.04. The summed E-state index contributed by atoms with van der Waals surface area (Å²) >= 11 is 0. The summed E-state index contributed by atoms with van der Waals surface area (Å²) in [6.45, 7) is 1.58. The van der Waals surface area contributed by atoms with Crippen LogP contribution in [0.1, 0.15) is 46.4 Å². The molecule has 4 N–H and O–H groups in total. The van der Waals surface area contributed by atoms with Crippen molar-refractivity contribution in [2.45, 2.75) is 31.7 Å². The van der Waals surface area contributed by atoms with Gasteiger partial charge in [0.15, 0.2) is 5.78 Å². The lowest BCUT2D eigenvalue weighted by Crippen LogP contribution is -2.43. The summed E-state index contributed by atoms with van der Waals surface area (Å²) in [5.74, 6) is -0.228. The maximum absolute atomic E-state index is 12.1. The Morgan fingerprint density at radius 1 is 1.19 bits per heavy atom. The number of hydrogen-bond donors (Lipinski definition) is 2. The van der Waals surface area contributed by atoms with Gasteiger partial charge in [-0.3, -0.25) is 9.59 Å².